The molecule has 0 spiro atoms. The fourth-order valence-corrected chi connectivity index (χ4v) is 4.30. The number of nitrogen functional groups attached to an aromatic ring is 1. The molecule has 3 N–H and O–H groups in total. The number of carbonyl (C=O) groups is 1. The van der Waals surface area contributed by atoms with E-state index in [1.165, 1.54) is 26.0 Å². The zero-order valence-corrected chi connectivity index (χ0v) is 22.5. The molecule has 5 aromatic rings. The van der Waals surface area contributed by atoms with Gasteiger partial charge in [0, 0.05) is 12.1 Å². The number of amides is 1. The fourth-order valence-electron chi connectivity index (χ4n) is 4.30. The molecule has 11 heteroatoms. The Kier molecular flexibility index (Phi) is 7.36. The third-order valence-electron chi connectivity index (χ3n) is 6.32. The number of anilines is 1. The standard InChI is InChI=1S/C29H28N6O5/c1-37-19-11-9-17(10-12-19)15-31-29(36)24-25-28(34-21-8-6-5-7-20(21)33-25)35(27(24)30)32-16-18-13-22(38-2)26(40-4)23(14-18)39-3/h5-14,16H,15,30H2,1-4H3,(H,31,36)/b32-16-. The fraction of sp³-hybridized carbons (Fsp3) is 0.172. The average Bonchev–Trinajstić information content (AvgIpc) is 3.26. The average molecular weight is 541 g/mol. The molecule has 3 aromatic carbocycles. The Bertz CT molecular complexity index is 1700. The molecule has 40 heavy (non-hydrogen) atoms. The number of aromatic nitrogens is 3. The smallest absolute Gasteiger partial charge is 0.257 e. The number of carbonyl (C=O) groups excluding carboxylic acids is 1. The van der Waals surface area contributed by atoms with Crippen LogP contribution in [0.5, 0.6) is 23.0 Å². The quantitative estimate of drug-likeness (QED) is 0.268. The van der Waals surface area contributed by atoms with Gasteiger partial charge in [0.2, 0.25) is 5.75 Å². The monoisotopic (exact) mass is 540 g/mol. The predicted octanol–water partition coefficient (Wildman–Crippen LogP) is 4.01. The van der Waals surface area contributed by atoms with Gasteiger partial charge in [-0.2, -0.15) is 9.78 Å². The highest BCUT2D eigenvalue weighted by Crippen LogP contribution is 2.38. The summed E-state index contributed by atoms with van der Waals surface area (Å²) in [5, 5.41) is 7.50. The van der Waals surface area contributed by atoms with Gasteiger partial charge in [-0.05, 0) is 42.0 Å². The second-order valence-corrected chi connectivity index (χ2v) is 8.69. The van der Waals surface area contributed by atoms with Gasteiger partial charge in [-0.1, -0.05) is 24.3 Å². The van der Waals surface area contributed by atoms with E-state index < -0.39 is 5.91 Å². The van der Waals surface area contributed by atoms with Gasteiger partial charge in [0.25, 0.3) is 5.91 Å². The van der Waals surface area contributed by atoms with Crippen LogP contribution in [-0.4, -0.2) is 55.2 Å². The van der Waals surface area contributed by atoms with Crippen LogP contribution in [0.2, 0.25) is 0 Å². The first-order valence-electron chi connectivity index (χ1n) is 12.3. The molecular weight excluding hydrogens is 512 g/mol. The third-order valence-corrected chi connectivity index (χ3v) is 6.32. The number of hydrogen-bond acceptors (Lipinski definition) is 9. The number of para-hydroxylation sites is 2. The third kappa shape index (κ3) is 4.92. The van der Waals surface area contributed by atoms with Crippen molar-refractivity contribution in [2.24, 2.45) is 5.10 Å². The van der Waals surface area contributed by atoms with Gasteiger partial charge in [0.1, 0.15) is 22.6 Å². The maximum atomic E-state index is 13.4. The minimum Gasteiger partial charge on any atom is -0.497 e. The van der Waals surface area contributed by atoms with E-state index in [0.717, 1.165) is 11.3 Å². The van der Waals surface area contributed by atoms with E-state index in [9.17, 15) is 4.79 Å². The van der Waals surface area contributed by atoms with Gasteiger partial charge in [-0.3, -0.25) is 4.79 Å². The lowest BCUT2D eigenvalue weighted by molar-refractivity contribution is 0.0953. The molecule has 0 aliphatic heterocycles. The Hall–Kier alpha value is -5.32. The molecule has 0 radical (unpaired) electrons. The van der Waals surface area contributed by atoms with E-state index in [-0.39, 0.29) is 17.9 Å². The maximum absolute atomic E-state index is 13.4. The van der Waals surface area contributed by atoms with Crippen molar-refractivity contribution in [1.82, 2.24) is 20.0 Å². The van der Waals surface area contributed by atoms with Crippen molar-refractivity contribution in [2.45, 2.75) is 6.54 Å². The Morgan fingerprint density at radius 1 is 0.925 bits per heavy atom. The lowest BCUT2D eigenvalue weighted by Crippen LogP contribution is -2.23. The van der Waals surface area contributed by atoms with Gasteiger partial charge >= 0.3 is 0 Å². The van der Waals surface area contributed by atoms with Gasteiger partial charge in [-0.15, -0.1) is 0 Å². The van der Waals surface area contributed by atoms with Crippen LogP contribution in [0.25, 0.3) is 22.2 Å². The number of ether oxygens (including phenoxy) is 4. The number of benzene rings is 3. The minimum atomic E-state index is -0.398. The molecule has 0 saturated carbocycles. The molecule has 0 unspecified atom stereocenters. The normalized spacial score (nSPS) is 11.2. The van der Waals surface area contributed by atoms with Gasteiger partial charge in [-0.25, -0.2) is 9.97 Å². The van der Waals surface area contributed by atoms with Crippen molar-refractivity contribution in [1.29, 1.82) is 0 Å². The number of rotatable bonds is 9. The van der Waals surface area contributed by atoms with Crippen LogP contribution in [0.3, 0.4) is 0 Å². The lowest BCUT2D eigenvalue weighted by atomic mass is 10.2. The van der Waals surface area contributed by atoms with E-state index in [2.05, 4.69) is 10.4 Å². The first kappa shape index (κ1) is 26.3. The number of methoxy groups -OCH3 is 4. The molecule has 0 bridgehead atoms. The summed E-state index contributed by atoms with van der Waals surface area (Å²) in [7, 11) is 6.20. The summed E-state index contributed by atoms with van der Waals surface area (Å²) in [4.78, 5) is 22.9. The number of fused-ring (bicyclic) bond motifs is 2. The molecule has 11 nitrogen and oxygen atoms in total. The Morgan fingerprint density at radius 3 is 2.17 bits per heavy atom. The van der Waals surface area contributed by atoms with E-state index in [4.69, 9.17) is 34.6 Å². The van der Waals surface area contributed by atoms with Crippen molar-refractivity contribution in [3.05, 3.63) is 77.4 Å². The van der Waals surface area contributed by atoms with Crippen LogP contribution in [0, 0.1) is 0 Å². The summed E-state index contributed by atoms with van der Waals surface area (Å²) in [6.45, 7) is 0.282. The van der Waals surface area contributed by atoms with E-state index >= 15 is 0 Å². The lowest BCUT2D eigenvalue weighted by Gasteiger charge is -2.12. The minimum absolute atomic E-state index is 0.0984. The predicted molar refractivity (Wildman–Crippen MR) is 153 cm³/mol. The van der Waals surface area contributed by atoms with Crippen LogP contribution in [-0.2, 0) is 6.54 Å². The summed E-state index contributed by atoms with van der Waals surface area (Å²) < 4.78 is 22.9. The van der Waals surface area contributed by atoms with Crippen LogP contribution in [0.1, 0.15) is 21.5 Å². The summed E-state index contributed by atoms with van der Waals surface area (Å²) in [5.41, 5.74) is 10.2. The Labute approximate surface area is 230 Å². The van der Waals surface area contributed by atoms with Crippen molar-refractivity contribution < 1.29 is 23.7 Å². The van der Waals surface area contributed by atoms with Gasteiger partial charge in [0.15, 0.2) is 17.1 Å². The summed E-state index contributed by atoms with van der Waals surface area (Å²) in [6.07, 6.45) is 1.57. The summed E-state index contributed by atoms with van der Waals surface area (Å²) in [5.74, 6) is 1.83. The molecular formula is C29H28N6O5. The highest BCUT2D eigenvalue weighted by molar-refractivity contribution is 6.10. The van der Waals surface area contributed by atoms with Crippen molar-refractivity contribution in [3.8, 4) is 23.0 Å². The number of hydrogen-bond donors (Lipinski definition) is 2. The second-order valence-electron chi connectivity index (χ2n) is 8.69. The SMILES string of the molecule is COc1ccc(CNC(=O)c2c(N)n(/N=C\c3cc(OC)c(OC)c(OC)c3)c3nc4ccccc4nc23)cc1. The van der Waals surface area contributed by atoms with Crippen LogP contribution in [0.15, 0.2) is 65.8 Å². The maximum Gasteiger partial charge on any atom is 0.257 e. The van der Waals surface area contributed by atoms with E-state index in [1.807, 2.05) is 48.5 Å². The number of nitrogens with one attached hydrogen (secondary N) is 1. The van der Waals surface area contributed by atoms with Crippen molar-refractivity contribution in [3.63, 3.8) is 0 Å². The zero-order chi connectivity index (χ0) is 28.2. The highest BCUT2D eigenvalue weighted by atomic mass is 16.5. The summed E-state index contributed by atoms with van der Waals surface area (Å²) >= 11 is 0. The van der Waals surface area contributed by atoms with Gasteiger partial charge in [0.05, 0.1) is 45.7 Å². The van der Waals surface area contributed by atoms with E-state index in [0.29, 0.717) is 45.0 Å². The molecule has 0 saturated heterocycles. The highest BCUT2D eigenvalue weighted by Gasteiger charge is 2.24. The molecule has 1 amide bonds. The first-order valence-corrected chi connectivity index (χ1v) is 12.3. The number of nitrogens with two attached hydrogens (primary N) is 1. The Morgan fingerprint density at radius 2 is 1.57 bits per heavy atom. The van der Waals surface area contributed by atoms with Crippen molar-refractivity contribution >= 4 is 40.1 Å². The molecule has 0 atom stereocenters. The molecule has 5 rings (SSSR count). The molecule has 0 fully saturated rings. The molecule has 0 aliphatic carbocycles. The van der Waals surface area contributed by atoms with Crippen LogP contribution in [0.4, 0.5) is 5.82 Å². The molecule has 204 valence electrons. The zero-order valence-electron chi connectivity index (χ0n) is 22.5. The first-order chi connectivity index (χ1) is 19.5. The second kappa shape index (κ2) is 11.2. The van der Waals surface area contributed by atoms with Crippen LogP contribution < -0.4 is 30.0 Å². The largest absolute Gasteiger partial charge is 0.497 e. The van der Waals surface area contributed by atoms with E-state index in [1.54, 1.807) is 25.5 Å². The molecule has 2 aromatic heterocycles. The topological polar surface area (TPSA) is 135 Å². The van der Waals surface area contributed by atoms with Gasteiger partial charge < -0.3 is 30.0 Å². The summed E-state index contributed by atoms with van der Waals surface area (Å²) in [6, 6.07) is 18.3. The molecule has 0 aliphatic rings. The number of nitrogens with zero attached hydrogens (tertiary/aromatic N) is 4. The van der Waals surface area contributed by atoms with Crippen LogP contribution >= 0.6 is 0 Å². The van der Waals surface area contributed by atoms with Crippen molar-refractivity contribution in [2.75, 3.05) is 34.2 Å². The Balaban J connectivity index is 1.57. The molecule has 2 heterocycles.